The summed E-state index contributed by atoms with van der Waals surface area (Å²) in [6.45, 7) is 4.40. The van der Waals surface area contributed by atoms with Gasteiger partial charge in [0.25, 0.3) is 0 Å². The largest absolute Gasteiger partial charge is 0.508 e. The summed E-state index contributed by atoms with van der Waals surface area (Å²) >= 11 is 0. The van der Waals surface area contributed by atoms with Crippen molar-refractivity contribution in [3.05, 3.63) is 83.9 Å². The molecule has 0 unspecified atom stereocenters. The highest BCUT2D eigenvalue weighted by Gasteiger charge is 2.32. The van der Waals surface area contributed by atoms with Crippen molar-refractivity contribution in [2.24, 2.45) is 0 Å². The van der Waals surface area contributed by atoms with Gasteiger partial charge in [-0.3, -0.25) is 0 Å². The summed E-state index contributed by atoms with van der Waals surface area (Å²) < 4.78 is 0. The van der Waals surface area contributed by atoms with E-state index in [1.54, 1.807) is 0 Å². The number of aromatic hydroxyl groups is 2. The van der Waals surface area contributed by atoms with Gasteiger partial charge in [-0.1, -0.05) is 68.8 Å². The number of benzene rings is 4. The Morgan fingerprint density at radius 1 is 0.704 bits per heavy atom. The first kappa shape index (κ1) is 17.4. The molecule has 0 saturated heterocycles. The zero-order valence-electron chi connectivity index (χ0n) is 15.7. The molecule has 0 heterocycles. The smallest absolute Gasteiger partial charge is 0.116 e. The lowest BCUT2D eigenvalue weighted by atomic mass is 9.70. The third-order valence-corrected chi connectivity index (χ3v) is 5.63. The van der Waals surface area contributed by atoms with Gasteiger partial charge in [-0.2, -0.15) is 0 Å². The van der Waals surface area contributed by atoms with E-state index < -0.39 is 0 Å². The Kier molecular flexibility index (Phi) is 4.27. The van der Waals surface area contributed by atoms with Crippen LogP contribution in [0.15, 0.2) is 72.8 Å². The van der Waals surface area contributed by atoms with Gasteiger partial charge in [-0.25, -0.2) is 0 Å². The predicted octanol–water partition coefficient (Wildman–Crippen LogP) is 6.51. The topological polar surface area (TPSA) is 40.5 Å². The van der Waals surface area contributed by atoms with Crippen LogP contribution in [0.1, 0.15) is 37.8 Å². The van der Waals surface area contributed by atoms with Crippen molar-refractivity contribution in [1.29, 1.82) is 0 Å². The zero-order valence-corrected chi connectivity index (χ0v) is 15.7. The van der Waals surface area contributed by atoms with E-state index in [4.69, 9.17) is 0 Å². The Labute approximate surface area is 159 Å². The Balaban J connectivity index is 2.10. The van der Waals surface area contributed by atoms with Crippen LogP contribution in [0.2, 0.25) is 0 Å². The van der Waals surface area contributed by atoms with Gasteiger partial charge in [0, 0.05) is 5.41 Å². The Hall–Kier alpha value is -3.00. The molecule has 2 N–H and O–H groups in total. The molecule has 0 aliphatic heterocycles. The average molecular weight is 356 g/mol. The molecule has 0 aromatic heterocycles. The standard InChI is InChI=1S/C25H24O2/c1-3-12-25(2,23-15-19(26)13-17-8-4-6-10-21(17)23)24-16-20(27)14-18-9-5-7-11-22(18)24/h4-11,13-16,26-27H,3,12H2,1-2H3. The lowest BCUT2D eigenvalue weighted by Crippen LogP contribution is -2.24. The van der Waals surface area contributed by atoms with E-state index in [2.05, 4.69) is 26.0 Å². The molecular weight excluding hydrogens is 332 g/mol. The third kappa shape index (κ3) is 2.91. The molecule has 0 radical (unpaired) electrons. The molecule has 27 heavy (non-hydrogen) atoms. The van der Waals surface area contributed by atoms with Gasteiger partial charge in [0.1, 0.15) is 11.5 Å². The van der Waals surface area contributed by atoms with E-state index in [-0.39, 0.29) is 16.9 Å². The summed E-state index contributed by atoms with van der Waals surface area (Å²) in [5.41, 5.74) is 1.84. The number of hydrogen-bond donors (Lipinski definition) is 2. The van der Waals surface area contributed by atoms with Crippen LogP contribution in [-0.4, -0.2) is 10.2 Å². The highest BCUT2D eigenvalue weighted by molar-refractivity contribution is 5.92. The second-order valence-corrected chi connectivity index (χ2v) is 7.51. The maximum absolute atomic E-state index is 10.4. The quantitative estimate of drug-likeness (QED) is 0.437. The Bertz CT molecular complexity index is 1040. The van der Waals surface area contributed by atoms with E-state index in [1.807, 2.05) is 60.7 Å². The third-order valence-electron chi connectivity index (χ3n) is 5.63. The summed E-state index contributed by atoms with van der Waals surface area (Å²) in [4.78, 5) is 0. The van der Waals surface area contributed by atoms with Crippen LogP contribution in [0, 0.1) is 0 Å². The van der Waals surface area contributed by atoms with Crippen LogP contribution in [-0.2, 0) is 5.41 Å². The van der Waals surface area contributed by atoms with E-state index in [0.717, 1.165) is 45.5 Å². The average Bonchev–Trinajstić information content (AvgIpc) is 2.66. The number of hydrogen-bond acceptors (Lipinski definition) is 2. The minimum absolute atomic E-state index is 0.274. The van der Waals surface area contributed by atoms with Crippen LogP contribution >= 0.6 is 0 Å². The van der Waals surface area contributed by atoms with Crippen molar-refractivity contribution in [3.63, 3.8) is 0 Å². The molecule has 0 fully saturated rings. The van der Waals surface area contributed by atoms with Crippen LogP contribution in [0.5, 0.6) is 11.5 Å². The van der Waals surface area contributed by atoms with Crippen LogP contribution in [0.4, 0.5) is 0 Å². The molecule has 0 aliphatic carbocycles. The fraction of sp³-hybridized carbons (Fsp3) is 0.200. The lowest BCUT2D eigenvalue weighted by Gasteiger charge is -2.33. The van der Waals surface area contributed by atoms with Gasteiger partial charge >= 0.3 is 0 Å². The minimum atomic E-state index is -0.342. The summed E-state index contributed by atoms with van der Waals surface area (Å²) in [5, 5.41) is 25.1. The molecule has 0 aliphatic rings. The molecule has 0 atom stereocenters. The van der Waals surface area contributed by atoms with Crippen molar-refractivity contribution >= 4 is 21.5 Å². The fourth-order valence-electron chi connectivity index (χ4n) is 4.42. The number of phenols is 2. The molecule has 4 rings (SSSR count). The van der Waals surface area contributed by atoms with Crippen molar-refractivity contribution < 1.29 is 10.2 Å². The van der Waals surface area contributed by atoms with Gasteiger partial charge in [-0.15, -0.1) is 0 Å². The highest BCUT2D eigenvalue weighted by atomic mass is 16.3. The molecule has 0 spiro atoms. The van der Waals surface area contributed by atoms with Gasteiger partial charge < -0.3 is 10.2 Å². The Morgan fingerprint density at radius 3 is 1.59 bits per heavy atom. The van der Waals surface area contributed by atoms with Gasteiger partial charge in [0.15, 0.2) is 0 Å². The molecule has 2 heteroatoms. The van der Waals surface area contributed by atoms with Crippen molar-refractivity contribution in [1.82, 2.24) is 0 Å². The second-order valence-electron chi connectivity index (χ2n) is 7.51. The van der Waals surface area contributed by atoms with Crippen molar-refractivity contribution in [3.8, 4) is 11.5 Å². The number of fused-ring (bicyclic) bond motifs is 2. The van der Waals surface area contributed by atoms with E-state index in [1.165, 1.54) is 0 Å². The fourth-order valence-corrected chi connectivity index (χ4v) is 4.42. The maximum Gasteiger partial charge on any atom is 0.116 e. The lowest BCUT2D eigenvalue weighted by molar-refractivity contribution is 0.463. The van der Waals surface area contributed by atoms with Crippen LogP contribution in [0.3, 0.4) is 0 Å². The molecular formula is C25H24O2. The molecule has 4 aromatic carbocycles. The molecule has 0 amide bonds. The van der Waals surface area contributed by atoms with Gasteiger partial charge in [0.05, 0.1) is 0 Å². The first-order valence-electron chi connectivity index (χ1n) is 9.47. The molecule has 0 saturated carbocycles. The zero-order chi connectivity index (χ0) is 19.0. The molecule has 2 nitrogen and oxygen atoms in total. The Morgan fingerprint density at radius 2 is 1.15 bits per heavy atom. The molecule has 4 aromatic rings. The monoisotopic (exact) mass is 356 g/mol. The number of phenolic OH excluding ortho intramolecular Hbond substituents is 2. The van der Waals surface area contributed by atoms with Gasteiger partial charge in [0.2, 0.25) is 0 Å². The second kappa shape index (κ2) is 6.62. The summed E-state index contributed by atoms with van der Waals surface area (Å²) in [5.74, 6) is 0.547. The summed E-state index contributed by atoms with van der Waals surface area (Å²) in [6, 6.07) is 23.7. The normalized spacial score (nSPS) is 11.9. The van der Waals surface area contributed by atoms with Crippen molar-refractivity contribution in [2.45, 2.75) is 32.1 Å². The molecule has 0 bridgehead atoms. The van der Waals surface area contributed by atoms with E-state index in [9.17, 15) is 10.2 Å². The van der Waals surface area contributed by atoms with Crippen LogP contribution in [0.25, 0.3) is 21.5 Å². The van der Waals surface area contributed by atoms with E-state index >= 15 is 0 Å². The summed E-state index contributed by atoms with van der Waals surface area (Å²) in [7, 11) is 0. The SMILES string of the molecule is CCCC(C)(c1cc(O)cc2ccccc12)c1cc(O)cc2ccccc12. The first-order chi connectivity index (χ1) is 13.0. The maximum atomic E-state index is 10.4. The summed E-state index contributed by atoms with van der Waals surface area (Å²) in [6.07, 6.45) is 1.90. The predicted molar refractivity (Wildman–Crippen MR) is 113 cm³/mol. The highest BCUT2D eigenvalue weighted by Crippen LogP contribution is 2.45. The first-order valence-corrected chi connectivity index (χ1v) is 9.47. The van der Waals surface area contributed by atoms with Gasteiger partial charge in [-0.05, 0) is 63.4 Å². The van der Waals surface area contributed by atoms with E-state index in [0.29, 0.717) is 0 Å². The minimum Gasteiger partial charge on any atom is -0.508 e. The molecule has 136 valence electrons. The number of rotatable bonds is 4. The van der Waals surface area contributed by atoms with Crippen LogP contribution < -0.4 is 0 Å². The van der Waals surface area contributed by atoms with Crippen molar-refractivity contribution in [2.75, 3.05) is 0 Å².